The summed E-state index contributed by atoms with van der Waals surface area (Å²) < 4.78 is 19.5. The third kappa shape index (κ3) is 5.71. The number of likely N-dealkylation sites (tertiary alicyclic amines) is 1. The molecule has 0 saturated carbocycles. The maximum Gasteiger partial charge on any atom is 0.123 e. The van der Waals surface area contributed by atoms with E-state index < -0.39 is 0 Å². The molecule has 28 heavy (non-hydrogen) atoms. The second-order valence-electron chi connectivity index (χ2n) is 8.69. The average molecular weight is 406 g/mol. The molecular formula is C24H33ClFNO. The first-order chi connectivity index (χ1) is 12.9. The standard InChI is InChI=1S/C24H32FNO.ClH/c1-5-26-15-14-23(18-6-10-21(25)11-7-18)19(16-26)17-27-22-12-8-20(9-13-22)24(2,3)4;/h6-13,19,23H,5,14-17H2,1-4H3;1H/t19-,23-;/m0./s1. The number of halogens is 2. The van der Waals surface area contributed by atoms with Crippen LogP contribution in [0.1, 0.15) is 51.2 Å². The summed E-state index contributed by atoms with van der Waals surface area (Å²) >= 11 is 0. The molecule has 1 heterocycles. The highest BCUT2D eigenvalue weighted by Gasteiger charge is 2.30. The van der Waals surface area contributed by atoms with Crippen LogP contribution in [0.2, 0.25) is 0 Å². The molecule has 0 N–H and O–H groups in total. The van der Waals surface area contributed by atoms with Crippen LogP contribution in [-0.2, 0) is 5.41 Å². The van der Waals surface area contributed by atoms with E-state index in [9.17, 15) is 4.39 Å². The minimum absolute atomic E-state index is 0. The van der Waals surface area contributed by atoms with E-state index in [-0.39, 0.29) is 23.6 Å². The van der Waals surface area contributed by atoms with Crippen LogP contribution in [0.5, 0.6) is 5.75 Å². The minimum Gasteiger partial charge on any atom is -0.493 e. The fraction of sp³-hybridized carbons (Fsp3) is 0.500. The number of benzene rings is 2. The number of ether oxygens (including phenoxy) is 1. The number of piperidine rings is 1. The molecule has 3 rings (SSSR count). The molecule has 154 valence electrons. The first-order valence-electron chi connectivity index (χ1n) is 10.1. The van der Waals surface area contributed by atoms with Gasteiger partial charge in [-0.3, -0.25) is 0 Å². The van der Waals surface area contributed by atoms with Crippen molar-refractivity contribution in [2.45, 2.75) is 45.4 Å². The summed E-state index contributed by atoms with van der Waals surface area (Å²) in [5, 5.41) is 0. The fourth-order valence-corrected chi connectivity index (χ4v) is 3.97. The predicted octanol–water partition coefficient (Wildman–Crippen LogP) is 6.05. The molecule has 2 nitrogen and oxygen atoms in total. The molecule has 0 amide bonds. The lowest BCUT2D eigenvalue weighted by Crippen LogP contribution is -2.41. The summed E-state index contributed by atoms with van der Waals surface area (Å²) in [7, 11) is 0. The Bertz CT molecular complexity index is 724. The van der Waals surface area contributed by atoms with Crippen LogP contribution >= 0.6 is 12.4 Å². The lowest BCUT2D eigenvalue weighted by atomic mass is 9.81. The summed E-state index contributed by atoms with van der Waals surface area (Å²) in [5.74, 6) is 1.58. The molecule has 0 bridgehead atoms. The average Bonchev–Trinajstić information content (AvgIpc) is 2.66. The Morgan fingerprint density at radius 2 is 1.68 bits per heavy atom. The maximum atomic E-state index is 13.3. The van der Waals surface area contributed by atoms with Crippen molar-refractivity contribution in [2.24, 2.45) is 5.92 Å². The van der Waals surface area contributed by atoms with E-state index in [1.54, 1.807) is 12.1 Å². The van der Waals surface area contributed by atoms with Crippen LogP contribution in [0.15, 0.2) is 48.5 Å². The van der Waals surface area contributed by atoms with Gasteiger partial charge in [0, 0.05) is 12.5 Å². The zero-order valence-electron chi connectivity index (χ0n) is 17.5. The van der Waals surface area contributed by atoms with Crippen LogP contribution in [0.4, 0.5) is 4.39 Å². The van der Waals surface area contributed by atoms with Gasteiger partial charge in [0.2, 0.25) is 0 Å². The van der Waals surface area contributed by atoms with Crippen molar-refractivity contribution >= 4 is 12.4 Å². The molecule has 0 radical (unpaired) electrons. The van der Waals surface area contributed by atoms with E-state index in [0.29, 0.717) is 18.4 Å². The van der Waals surface area contributed by atoms with Crippen molar-refractivity contribution in [3.63, 3.8) is 0 Å². The van der Waals surface area contributed by atoms with Gasteiger partial charge in [0.05, 0.1) is 6.61 Å². The van der Waals surface area contributed by atoms with Crippen LogP contribution in [0, 0.1) is 11.7 Å². The number of hydrogen-bond acceptors (Lipinski definition) is 2. The Morgan fingerprint density at radius 3 is 2.25 bits per heavy atom. The first-order valence-corrected chi connectivity index (χ1v) is 10.1. The largest absolute Gasteiger partial charge is 0.493 e. The quantitative estimate of drug-likeness (QED) is 0.600. The van der Waals surface area contributed by atoms with E-state index in [1.165, 1.54) is 11.1 Å². The van der Waals surface area contributed by atoms with Gasteiger partial charge in [-0.2, -0.15) is 0 Å². The smallest absolute Gasteiger partial charge is 0.123 e. The van der Waals surface area contributed by atoms with E-state index in [0.717, 1.165) is 31.8 Å². The predicted molar refractivity (Wildman–Crippen MR) is 117 cm³/mol. The Kier molecular flexibility index (Phi) is 7.91. The SMILES string of the molecule is CCN1CC[C@@H](c2ccc(F)cc2)[C@H](COc2ccc(C(C)(C)C)cc2)C1.Cl. The molecular weight excluding hydrogens is 373 g/mol. The third-order valence-electron chi connectivity index (χ3n) is 5.75. The Balaban J connectivity index is 0.00000280. The molecule has 0 spiro atoms. The van der Waals surface area contributed by atoms with Crippen molar-refractivity contribution in [1.82, 2.24) is 4.90 Å². The molecule has 1 aliphatic rings. The van der Waals surface area contributed by atoms with E-state index in [4.69, 9.17) is 4.74 Å². The van der Waals surface area contributed by atoms with Crippen molar-refractivity contribution in [3.05, 3.63) is 65.5 Å². The summed E-state index contributed by atoms with van der Waals surface area (Å²) in [4.78, 5) is 2.48. The van der Waals surface area contributed by atoms with Gasteiger partial charge in [-0.15, -0.1) is 12.4 Å². The highest BCUT2D eigenvalue weighted by molar-refractivity contribution is 5.85. The molecule has 0 unspecified atom stereocenters. The van der Waals surface area contributed by atoms with Crippen molar-refractivity contribution in [3.8, 4) is 5.75 Å². The van der Waals surface area contributed by atoms with Crippen LogP contribution in [0.25, 0.3) is 0 Å². The van der Waals surface area contributed by atoms with E-state index >= 15 is 0 Å². The van der Waals surface area contributed by atoms with E-state index in [2.05, 4.69) is 56.9 Å². The molecule has 1 saturated heterocycles. The monoisotopic (exact) mass is 405 g/mol. The summed E-state index contributed by atoms with van der Waals surface area (Å²) in [6, 6.07) is 15.5. The van der Waals surface area contributed by atoms with Crippen molar-refractivity contribution in [1.29, 1.82) is 0 Å². The zero-order valence-corrected chi connectivity index (χ0v) is 18.3. The Morgan fingerprint density at radius 1 is 1.04 bits per heavy atom. The van der Waals surface area contributed by atoms with Gasteiger partial charge >= 0.3 is 0 Å². The second kappa shape index (κ2) is 9.76. The molecule has 1 fully saturated rings. The molecule has 2 atom stereocenters. The summed E-state index contributed by atoms with van der Waals surface area (Å²) in [5.41, 5.74) is 2.69. The van der Waals surface area contributed by atoms with Gasteiger partial charge < -0.3 is 9.64 Å². The molecule has 1 aliphatic heterocycles. The molecule has 2 aromatic rings. The van der Waals surface area contributed by atoms with E-state index in [1.807, 2.05) is 12.1 Å². The summed E-state index contributed by atoms with van der Waals surface area (Å²) in [6.45, 7) is 12.7. The highest BCUT2D eigenvalue weighted by Crippen LogP contribution is 2.34. The number of rotatable bonds is 5. The normalized spacial score (nSPS) is 20.5. The molecule has 0 aromatic heterocycles. The van der Waals surface area contributed by atoms with Gasteiger partial charge in [0.15, 0.2) is 0 Å². The van der Waals surface area contributed by atoms with Gasteiger partial charge in [-0.25, -0.2) is 4.39 Å². The Labute approximate surface area is 175 Å². The van der Waals surface area contributed by atoms with Crippen molar-refractivity contribution in [2.75, 3.05) is 26.2 Å². The van der Waals surface area contributed by atoms with Crippen molar-refractivity contribution < 1.29 is 9.13 Å². The first kappa shape index (κ1) is 22.7. The fourth-order valence-electron chi connectivity index (χ4n) is 3.97. The van der Waals surface area contributed by atoms with Crippen LogP contribution in [-0.4, -0.2) is 31.1 Å². The number of hydrogen-bond donors (Lipinski definition) is 0. The van der Waals surface area contributed by atoms with Gasteiger partial charge in [-0.05, 0) is 66.2 Å². The zero-order chi connectivity index (χ0) is 19.4. The molecule has 2 aromatic carbocycles. The van der Waals surface area contributed by atoms with Gasteiger partial charge in [0.25, 0.3) is 0 Å². The van der Waals surface area contributed by atoms with Gasteiger partial charge in [-0.1, -0.05) is 52.0 Å². The molecule has 0 aliphatic carbocycles. The summed E-state index contributed by atoms with van der Waals surface area (Å²) in [6.07, 6.45) is 1.09. The highest BCUT2D eigenvalue weighted by atomic mass is 35.5. The van der Waals surface area contributed by atoms with Gasteiger partial charge in [0.1, 0.15) is 11.6 Å². The molecule has 4 heteroatoms. The lowest BCUT2D eigenvalue weighted by Gasteiger charge is -2.38. The van der Waals surface area contributed by atoms with Crippen LogP contribution in [0.3, 0.4) is 0 Å². The second-order valence-corrected chi connectivity index (χ2v) is 8.69. The van der Waals surface area contributed by atoms with Crippen LogP contribution < -0.4 is 4.74 Å². The third-order valence-corrected chi connectivity index (χ3v) is 5.75. The Hall–Kier alpha value is -1.58. The topological polar surface area (TPSA) is 12.5 Å². The lowest BCUT2D eigenvalue weighted by molar-refractivity contribution is 0.115. The maximum absolute atomic E-state index is 13.3. The minimum atomic E-state index is -0.170. The number of nitrogens with zero attached hydrogens (tertiary/aromatic N) is 1.